The van der Waals surface area contributed by atoms with E-state index in [1.54, 1.807) is 45.3 Å². The third-order valence-corrected chi connectivity index (χ3v) is 6.56. The zero-order valence-corrected chi connectivity index (χ0v) is 21.1. The van der Waals surface area contributed by atoms with E-state index in [9.17, 15) is 27.6 Å². The number of hydrogen-bond acceptors (Lipinski definition) is 7. The number of imide groups is 1. The van der Waals surface area contributed by atoms with Gasteiger partial charge in [-0.1, -0.05) is 0 Å². The first-order valence-electron chi connectivity index (χ1n) is 12.1. The maximum absolute atomic E-state index is 13.4. The maximum atomic E-state index is 13.4. The van der Waals surface area contributed by atoms with E-state index in [1.807, 2.05) is 0 Å². The molecule has 3 heterocycles. The van der Waals surface area contributed by atoms with Crippen molar-refractivity contribution in [1.29, 1.82) is 0 Å². The monoisotopic (exact) mass is 534 g/mol. The quantitative estimate of drug-likeness (QED) is 0.446. The fourth-order valence-corrected chi connectivity index (χ4v) is 4.44. The SMILES string of the molecule is CC(NC1CCNC1)C(=O)Nc1cc(N2C(=O)N(Cc3ccncc3)C(C)(C)C2=O)ccc1OC(F)(F)F. The third kappa shape index (κ3) is 5.89. The van der Waals surface area contributed by atoms with Crippen molar-refractivity contribution in [3.8, 4) is 5.75 Å². The number of ether oxygens (including phenoxy) is 1. The summed E-state index contributed by atoms with van der Waals surface area (Å²) in [4.78, 5) is 45.8. The van der Waals surface area contributed by atoms with Crippen LogP contribution in [0.4, 0.5) is 29.3 Å². The number of carbonyl (C=O) groups is 3. The largest absolute Gasteiger partial charge is 0.573 e. The van der Waals surface area contributed by atoms with Crippen LogP contribution in [0.5, 0.6) is 5.75 Å². The van der Waals surface area contributed by atoms with Crippen LogP contribution in [-0.2, 0) is 16.1 Å². The molecule has 2 fully saturated rings. The lowest BCUT2D eigenvalue weighted by Crippen LogP contribution is -2.44. The van der Waals surface area contributed by atoms with Crippen molar-refractivity contribution in [3.05, 3.63) is 48.3 Å². The molecule has 0 bridgehead atoms. The van der Waals surface area contributed by atoms with Gasteiger partial charge in [-0.05, 0) is 69.6 Å². The number of alkyl halides is 3. The van der Waals surface area contributed by atoms with Crippen LogP contribution in [-0.4, -0.2) is 64.8 Å². The number of halogens is 3. The molecule has 4 amide bonds. The Bertz CT molecular complexity index is 1200. The van der Waals surface area contributed by atoms with Gasteiger partial charge in [-0.3, -0.25) is 14.6 Å². The van der Waals surface area contributed by atoms with E-state index in [0.29, 0.717) is 6.54 Å². The van der Waals surface area contributed by atoms with Gasteiger partial charge >= 0.3 is 12.4 Å². The standard InChI is InChI=1S/C25H29F3N6O4/c1-15(31-17-8-11-30-13-17)21(35)32-19-12-18(4-5-20(19)38-25(26,27)28)34-22(36)24(2,3)33(23(34)37)14-16-6-9-29-10-7-16/h4-7,9-10,12,15,17,30-31H,8,11,13-14H2,1-3H3,(H,32,35). The van der Waals surface area contributed by atoms with Crippen molar-refractivity contribution in [2.45, 2.75) is 57.7 Å². The van der Waals surface area contributed by atoms with Crippen molar-refractivity contribution >= 4 is 29.2 Å². The Morgan fingerprint density at radius 2 is 1.95 bits per heavy atom. The summed E-state index contributed by atoms with van der Waals surface area (Å²) in [5, 5.41) is 8.74. The second kappa shape index (κ2) is 10.6. The smallest absolute Gasteiger partial charge is 0.404 e. The van der Waals surface area contributed by atoms with Crippen LogP contribution in [0.15, 0.2) is 42.7 Å². The van der Waals surface area contributed by atoms with E-state index in [2.05, 4.69) is 25.7 Å². The van der Waals surface area contributed by atoms with Gasteiger partial charge in [0.15, 0.2) is 5.75 Å². The minimum absolute atomic E-state index is 0.00395. The normalized spacial score (nSPS) is 20.1. The highest BCUT2D eigenvalue weighted by Gasteiger charge is 2.52. The number of nitrogens with one attached hydrogen (secondary N) is 3. The topological polar surface area (TPSA) is 116 Å². The summed E-state index contributed by atoms with van der Waals surface area (Å²) in [7, 11) is 0. The lowest BCUT2D eigenvalue weighted by molar-refractivity contribution is -0.274. The lowest BCUT2D eigenvalue weighted by atomic mass is 10.0. The molecule has 1 aromatic carbocycles. The van der Waals surface area contributed by atoms with Crippen LogP contribution in [0.2, 0.25) is 0 Å². The molecule has 38 heavy (non-hydrogen) atoms. The molecule has 1 aromatic heterocycles. The molecule has 0 aliphatic carbocycles. The molecule has 204 valence electrons. The molecule has 2 saturated heterocycles. The van der Waals surface area contributed by atoms with Crippen LogP contribution in [0.1, 0.15) is 32.8 Å². The number of aromatic nitrogens is 1. The van der Waals surface area contributed by atoms with Crippen LogP contribution < -0.4 is 25.6 Å². The Hall–Kier alpha value is -3.71. The maximum Gasteiger partial charge on any atom is 0.573 e. The van der Waals surface area contributed by atoms with Crippen LogP contribution in [0, 0.1) is 0 Å². The van der Waals surface area contributed by atoms with Crippen molar-refractivity contribution in [2.24, 2.45) is 0 Å². The minimum atomic E-state index is -5.02. The van der Waals surface area contributed by atoms with E-state index < -0.39 is 41.5 Å². The minimum Gasteiger partial charge on any atom is -0.404 e. The van der Waals surface area contributed by atoms with Gasteiger partial charge in [-0.15, -0.1) is 13.2 Å². The van der Waals surface area contributed by atoms with E-state index in [0.717, 1.165) is 35.6 Å². The average molecular weight is 535 g/mol. The van der Waals surface area contributed by atoms with Crippen molar-refractivity contribution in [2.75, 3.05) is 23.3 Å². The van der Waals surface area contributed by atoms with Crippen molar-refractivity contribution in [3.63, 3.8) is 0 Å². The zero-order chi connectivity index (χ0) is 27.7. The molecule has 2 atom stereocenters. The zero-order valence-electron chi connectivity index (χ0n) is 21.1. The number of amides is 4. The summed E-state index contributed by atoms with van der Waals surface area (Å²) < 4.78 is 43.4. The summed E-state index contributed by atoms with van der Waals surface area (Å²) in [6.07, 6.45) is -1.09. The Kier molecular flexibility index (Phi) is 7.61. The highest BCUT2D eigenvalue weighted by molar-refractivity contribution is 6.23. The molecule has 0 radical (unpaired) electrons. The molecule has 10 nitrogen and oxygen atoms in total. The van der Waals surface area contributed by atoms with Gasteiger partial charge in [-0.2, -0.15) is 0 Å². The van der Waals surface area contributed by atoms with E-state index in [4.69, 9.17) is 0 Å². The fraction of sp³-hybridized carbons (Fsp3) is 0.440. The summed E-state index contributed by atoms with van der Waals surface area (Å²) >= 11 is 0. The van der Waals surface area contributed by atoms with Gasteiger partial charge < -0.3 is 25.6 Å². The molecule has 2 unspecified atom stereocenters. The van der Waals surface area contributed by atoms with Gasteiger partial charge in [0, 0.05) is 31.5 Å². The van der Waals surface area contributed by atoms with Gasteiger partial charge in [-0.25, -0.2) is 9.69 Å². The van der Waals surface area contributed by atoms with Gasteiger partial charge in [0.05, 0.1) is 17.4 Å². The van der Waals surface area contributed by atoms with Gasteiger partial charge in [0.2, 0.25) is 5.91 Å². The molecule has 0 spiro atoms. The number of anilines is 2. The van der Waals surface area contributed by atoms with Crippen LogP contribution in [0.25, 0.3) is 0 Å². The predicted octanol–water partition coefficient (Wildman–Crippen LogP) is 3.01. The van der Waals surface area contributed by atoms with Gasteiger partial charge in [0.25, 0.3) is 5.91 Å². The Morgan fingerprint density at radius 1 is 1.24 bits per heavy atom. The lowest BCUT2D eigenvalue weighted by Gasteiger charge is -2.27. The highest BCUT2D eigenvalue weighted by Crippen LogP contribution is 2.38. The molecule has 3 N–H and O–H groups in total. The predicted molar refractivity (Wildman–Crippen MR) is 132 cm³/mol. The molecular formula is C25H29F3N6O4. The summed E-state index contributed by atoms with van der Waals surface area (Å²) in [5.74, 6) is -1.83. The molecule has 2 aliphatic rings. The van der Waals surface area contributed by atoms with Crippen LogP contribution in [0.3, 0.4) is 0 Å². The number of rotatable bonds is 8. The van der Waals surface area contributed by atoms with Gasteiger partial charge in [0.1, 0.15) is 5.54 Å². The number of nitrogens with zero attached hydrogens (tertiary/aromatic N) is 3. The molecular weight excluding hydrogens is 505 g/mol. The van der Waals surface area contributed by atoms with E-state index in [1.165, 1.54) is 11.0 Å². The Labute approximate surface area is 217 Å². The molecule has 2 aromatic rings. The third-order valence-electron chi connectivity index (χ3n) is 6.56. The summed E-state index contributed by atoms with van der Waals surface area (Å²) in [6, 6.07) is 5.36. The molecule has 4 rings (SSSR count). The molecule has 2 aliphatic heterocycles. The van der Waals surface area contributed by atoms with Crippen LogP contribution >= 0.6 is 0 Å². The number of carbonyl (C=O) groups excluding carboxylic acids is 3. The van der Waals surface area contributed by atoms with Crippen molar-refractivity contribution in [1.82, 2.24) is 20.5 Å². The Morgan fingerprint density at radius 3 is 2.58 bits per heavy atom. The number of urea groups is 1. The first-order valence-corrected chi connectivity index (χ1v) is 12.1. The number of pyridine rings is 1. The van der Waals surface area contributed by atoms with E-state index in [-0.39, 0.29) is 24.0 Å². The second-order valence-corrected chi connectivity index (χ2v) is 9.72. The average Bonchev–Trinajstić information content (AvgIpc) is 3.41. The highest BCUT2D eigenvalue weighted by atomic mass is 19.4. The first kappa shape index (κ1) is 27.3. The fourth-order valence-electron chi connectivity index (χ4n) is 4.44. The number of hydrogen-bond donors (Lipinski definition) is 3. The first-order chi connectivity index (χ1) is 17.9. The molecule has 13 heteroatoms. The van der Waals surface area contributed by atoms with Crippen molar-refractivity contribution < 1.29 is 32.3 Å². The summed E-state index contributed by atoms with van der Waals surface area (Å²) in [5.41, 5.74) is -0.819. The summed E-state index contributed by atoms with van der Waals surface area (Å²) in [6.45, 7) is 6.35. The second-order valence-electron chi connectivity index (χ2n) is 9.72. The van der Waals surface area contributed by atoms with E-state index >= 15 is 0 Å². The number of benzene rings is 1. The molecule has 0 saturated carbocycles. The Balaban J connectivity index is 1.62.